The molecule has 2 aromatic carbocycles. The molecule has 2 amide bonds. The highest BCUT2D eigenvalue weighted by Crippen LogP contribution is 2.39. The molecule has 3 aromatic rings. The molecule has 4 rings (SSSR count). The van der Waals surface area contributed by atoms with Crippen LogP contribution in [-0.4, -0.2) is 36.0 Å². The van der Waals surface area contributed by atoms with Crippen molar-refractivity contribution < 1.29 is 27.2 Å². The number of furan rings is 1. The van der Waals surface area contributed by atoms with Gasteiger partial charge in [0.05, 0.1) is 17.3 Å². The van der Waals surface area contributed by atoms with Crippen molar-refractivity contribution in [1.29, 1.82) is 0 Å². The highest BCUT2D eigenvalue weighted by Gasteiger charge is 2.39. The van der Waals surface area contributed by atoms with E-state index in [4.69, 9.17) is 16.0 Å². The number of hydrogen-bond donors (Lipinski definition) is 3. The van der Waals surface area contributed by atoms with E-state index in [0.29, 0.717) is 17.1 Å². The van der Waals surface area contributed by atoms with Crippen molar-refractivity contribution in [2.75, 3.05) is 23.7 Å². The van der Waals surface area contributed by atoms with Crippen molar-refractivity contribution >= 4 is 40.5 Å². The highest BCUT2D eigenvalue weighted by molar-refractivity contribution is 6.32. The first kappa shape index (κ1) is 28.2. The van der Waals surface area contributed by atoms with E-state index >= 15 is 0 Å². The maximum Gasteiger partial charge on any atom is 0.471 e. The van der Waals surface area contributed by atoms with E-state index in [1.165, 1.54) is 17.0 Å². The number of halogens is 4. The van der Waals surface area contributed by atoms with Crippen LogP contribution in [0, 0.1) is 12.3 Å². The molecular formula is C26H26ClF3N4O5. The molecule has 1 atom stereocenters. The van der Waals surface area contributed by atoms with Crippen LogP contribution in [0.4, 0.5) is 30.2 Å². The molecule has 0 saturated carbocycles. The van der Waals surface area contributed by atoms with Gasteiger partial charge in [-0.25, -0.2) is 0 Å². The zero-order chi connectivity index (χ0) is 28.9. The number of alkyl halides is 3. The molecule has 0 radical (unpaired) electrons. The van der Waals surface area contributed by atoms with Crippen LogP contribution in [0.15, 0.2) is 38.3 Å². The highest BCUT2D eigenvalue weighted by atomic mass is 35.5. The number of carbonyl (C=O) groups is 2. The number of hydrogen-bond acceptors (Lipinski definition) is 7. The summed E-state index contributed by atoms with van der Waals surface area (Å²) < 4.78 is 43.1. The lowest BCUT2D eigenvalue weighted by Gasteiger charge is -2.31. The summed E-state index contributed by atoms with van der Waals surface area (Å²) in [7, 11) is 0. The van der Waals surface area contributed by atoms with Crippen molar-refractivity contribution in [3.8, 4) is 0 Å². The number of benzene rings is 1. The second-order valence-corrected chi connectivity index (χ2v) is 10.8. The number of anilines is 3. The van der Waals surface area contributed by atoms with Gasteiger partial charge >= 0.3 is 12.1 Å². The fraction of sp³-hybridized carbons (Fsp3) is 0.385. The topological polar surface area (TPSA) is 121 Å². The number of nitrogens with zero attached hydrogens (tertiary/aromatic N) is 1. The van der Waals surface area contributed by atoms with Gasteiger partial charge in [0.1, 0.15) is 22.9 Å². The van der Waals surface area contributed by atoms with E-state index in [1.807, 2.05) is 20.8 Å². The first-order valence-electron chi connectivity index (χ1n) is 12.0. The molecule has 0 fully saturated rings. The van der Waals surface area contributed by atoms with Crippen molar-refractivity contribution in [1.82, 2.24) is 10.2 Å². The van der Waals surface area contributed by atoms with Gasteiger partial charge in [-0.1, -0.05) is 32.4 Å². The average molecular weight is 567 g/mol. The second-order valence-electron chi connectivity index (χ2n) is 10.4. The summed E-state index contributed by atoms with van der Waals surface area (Å²) >= 11 is 6.29. The van der Waals surface area contributed by atoms with Crippen LogP contribution >= 0.6 is 11.6 Å². The lowest BCUT2D eigenvalue weighted by Crippen LogP contribution is -2.41. The zero-order valence-corrected chi connectivity index (χ0v) is 22.3. The first-order valence-corrected chi connectivity index (χ1v) is 12.4. The van der Waals surface area contributed by atoms with Crippen molar-refractivity contribution in [3.05, 3.63) is 72.4 Å². The molecule has 0 saturated heterocycles. The Morgan fingerprint density at radius 1 is 1.08 bits per heavy atom. The second kappa shape index (κ2) is 10.1. The molecular weight excluding hydrogens is 541 g/mol. The zero-order valence-electron chi connectivity index (χ0n) is 21.5. The van der Waals surface area contributed by atoms with E-state index < -0.39 is 46.8 Å². The number of amides is 2. The summed E-state index contributed by atoms with van der Waals surface area (Å²) in [5, 5.41) is 7.98. The van der Waals surface area contributed by atoms with Crippen LogP contribution in [0.1, 0.15) is 54.3 Å². The molecule has 208 valence electrons. The monoisotopic (exact) mass is 566 g/mol. The van der Waals surface area contributed by atoms with E-state index in [-0.39, 0.29) is 40.7 Å². The first-order chi connectivity index (χ1) is 18.1. The van der Waals surface area contributed by atoms with Crippen LogP contribution in [0.5, 0.6) is 0 Å². The third kappa shape index (κ3) is 5.51. The van der Waals surface area contributed by atoms with Crippen molar-refractivity contribution in [2.24, 2.45) is 5.41 Å². The van der Waals surface area contributed by atoms with Crippen molar-refractivity contribution in [2.45, 2.75) is 46.5 Å². The van der Waals surface area contributed by atoms with Gasteiger partial charge in [-0.2, -0.15) is 13.2 Å². The molecule has 0 unspecified atom stereocenters. The molecule has 9 nitrogen and oxygen atoms in total. The molecule has 3 N–H and O–H groups in total. The van der Waals surface area contributed by atoms with Crippen LogP contribution in [-0.2, 0) is 11.3 Å². The molecule has 0 spiro atoms. The normalized spacial score (nSPS) is 14.5. The molecule has 1 aromatic heterocycles. The maximum atomic E-state index is 13.2. The molecule has 0 bridgehead atoms. The number of nitrogens with one attached hydrogen (secondary N) is 3. The minimum Gasteiger partial charge on any atom is -0.464 e. The van der Waals surface area contributed by atoms with Gasteiger partial charge in [0, 0.05) is 30.2 Å². The Balaban J connectivity index is 1.57. The third-order valence-corrected chi connectivity index (χ3v) is 6.76. The molecule has 13 heteroatoms. The summed E-state index contributed by atoms with van der Waals surface area (Å²) in [6.07, 6.45) is -5.04. The van der Waals surface area contributed by atoms with Gasteiger partial charge in [-0.3, -0.25) is 19.2 Å². The molecule has 1 aliphatic heterocycles. The Bertz CT molecular complexity index is 1520. The van der Waals surface area contributed by atoms with Crippen LogP contribution in [0.3, 0.4) is 0 Å². The van der Waals surface area contributed by atoms with Gasteiger partial charge in [-0.05, 0) is 36.6 Å². The predicted molar refractivity (Wildman–Crippen MR) is 139 cm³/mol. The van der Waals surface area contributed by atoms with Crippen LogP contribution in [0.2, 0.25) is 5.02 Å². The van der Waals surface area contributed by atoms with Gasteiger partial charge in [0.2, 0.25) is 0 Å². The minimum atomic E-state index is -5.04. The van der Waals surface area contributed by atoms with Gasteiger partial charge in [-0.15, -0.1) is 0 Å². The van der Waals surface area contributed by atoms with E-state index in [9.17, 15) is 32.3 Å². The lowest BCUT2D eigenvalue weighted by atomic mass is 9.85. The Morgan fingerprint density at radius 3 is 2.33 bits per heavy atom. The third-order valence-electron chi connectivity index (χ3n) is 6.40. The van der Waals surface area contributed by atoms with Gasteiger partial charge in [0.25, 0.3) is 16.8 Å². The Labute approximate surface area is 226 Å². The fourth-order valence-electron chi connectivity index (χ4n) is 4.38. The van der Waals surface area contributed by atoms with E-state index in [1.54, 1.807) is 24.4 Å². The molecule has 0 aliphatic carbocycles. The van der Waals surface area contributed by atoms with E-state index in [0.717, 1.165) is 0 Å². The average Bonchev–Trinajstić information content (AvgIpc) is 3.41. The predicted octanol–water partition coefficient (Wildman–Crippen LogP) is 4.41. The van der Waals surface area contributed by atoms with E-state index in [2.05, 4.69) is 10.6 Å². The standard InChI is InChI=1S/C26H26ClF3N4O5/c1-12-5-8-16(39-12)22(25(2,3)4)33-19-18(20(35)21(19)36)32-15-7-6-14(27)13-11-34(23(37)17(13)15)10-9-31-24(38)26(28,29)30/h5-8,22,32-33H,9-11H2,1-4H3,(H,31,38)/t22-/m0/s1. The smallest absolute Gasteiger partial charge is 0.464 e. The van der Waals surface area contributed by atoms with Crippen molar-refractivity contribution in [3.63, 3.8) is 0 Å². The largest absolute Gasteiger partial charge is 0.471 e. The van der Waals surface area contributed by atoms with Gasteiger partial charge in [0.15, 0.2) is 0 Å². The Kier molecular flexibility index (Phi) is 7.28. The van der Waals surface area contributed by atoms with Crippen LogP contribution < -0.4 is 26.8 Å². The molecule has 1 aliphatic rings. The summed E-state index contributed by atoms with van der Waals surface area (Å²) in [6, 6.07) is 6.10. The Hall–Kier alpha value is -3.80. The summed E-state index contributed by atoms with van der Waals surface area (Å²) in [4.78, 5) is 50.6. The maximum absolute atomic E-state index is 13.2. The summed E-state index contributed by atoms with van der Waals surface area (Å²) in [5.74, 6) is -1.40. The Morgan fingerprint density at radius 2 is 1.74 bits per heavy atom. The number of carbonyl (C=O) groups excluding carboxylic acids is 2. The number of fused-ring (bicyclic) bond motifs is 1. The number of rotatable bonds is 8. The minimum absolute atomic E-state index is 0.00855. The van der Waals surface area contributed by atoms with Crippen LogP contribution in [0.25, 0.3) is 0 Å². The lowest BCUT2D eigenvalue weighted by molar-refractivity contribution is -0.173. The molecule has 39 heavy (non-hydrogen) atoms. The van der Waals surface area contributed by atoms with Gasteiger partial charge < -0.3 is 25.3 Å². The molecule has 2 heterocycles. The summed E-state index contributed by atoms with van der Waals surface area (Å²) in [6.45, 7) is 6.98. The SMILES string of the molecule is Cc1ccc([C@H](Nc2c(Nc3ccc(Cl)c4c3C(=O)N(CCNC(=O)C(F)(F)F)C4)c(=O)c2=O)C(C)(C)C)o1. The quantitative estimate of drug-likeness (QED) is 0.345. The summed E-state index contributed by atoms with van der Waals surface area (Å²) in [5.41, 5.74) is -1.19. The number of aryl methyl sites for hydroxylation is 1. The fourth-order valence-corrected chi connectivity index (χ4v) is 4.60.